The molecule has 38 heavy (non-hydrogen) atoms. The van der Waals surface area contributed by atoms with Crippen LogP contribution >= 0.6 is 22.9 Å². The maximum Gasteiger partial charge on any atom is 0.266 e. The number of carbonyl (C=O) groups excluding carboxylic acids is 1. The topological polar surface area (TPSA) is 42.4 Å². The van der Waals surface area contributed by atoms with Crippen LogP contribution in [0.15, 0.2) is 60.8 Å². The van der Waals surface area contributed by atoms with Crippen molar-refractivity contribution in [2.75, 3.05) is 6.61 Å². The lowest BCUT2D eigenvalue weighted by Gasteiger charge is -2.37. The highest BCUT2D eigenvalue weighted by atomic mass is 35.5. The molecule has 2 heterocycles. The van der Waals surface area contributed by atoms with Gasteiger partial charge in [0.15, 0.2) is 0 Å². The van der Waals surface area contributed by atoms with Gasteiger partial charge < -0.3 is 9.64 Å². The summed E-state index contributed by atoms with van der Waals surface area (Å²) in [6, 6.07) is 18.5. The number of ether oxygens (including phenoxy) is 1. The Bertz CT molecular complexity index is 1410. The minimum Gasteiger partial charge on any atom is -0.494 e. The van der Waals surface area contributed by atoms with Crippen LogP contribution in [0.4, 0.5) is 0 Å². The van der Waals surface area contributed by atoms with Crippen LogP contribution in [0.1, 0.15) is 66.9 Å². The van der Waals surface area contributed by atoms with Crippen LogP contribution in [0.25, 0.3) is 21.2 Å². The fraction of sp³-hybridized carbons (Fsp3) is 0.375. The van der Waals surface area contributed by atoms with E-state index in [0.717, 1.165) is 69.8 Å². The van der Waals surface area contributed by atoms with Crippen LogP contribution in [-0.4, -0.2) is 28.4 Å². The molecular weight excluding hydrogens is 512 g/mol. The van der Waals surface area contributed by atoms with Gasteiger partial charge in [-0.3, -0.25) is 9.78 Å². The first kappa shape index (κ1) is 26.7. The molecule has 198 valence electrons. The second kappa shape index (κ2) is 11.9. The molecule has 2 aromatic heterocycles. The number of halogens is 1. The van der Waals surface area contributed by atoms with E-state index in [9.17, 15) is 4.79 Å². The Morgan fingerprint density at radius 3 is 2.50 bits per heavy atom. The molecule has 2 aromatic carbocycles. The summed E-state index contributed by atoms with van der Waals surface area (Å²) in [6.45, 7) is 7.30. The van der Waals surface area contributed by atoms with E-state index in [1.807, 2.05) is 56.4 Å². The van der Waals surface area contributed by atoms with Gasteiger partial charge in [0.1, 0.15) is 10.6 Å². The molecule has 0 atom stereocenters. The Morgan fingerprint density at radius 2 is 1.82 bits per heavy atom. The van der Waals surface area contributed by atoms with Crippen molar-refractivity contribution in [1.29, 1.82) is 0 Å². The molecule has 0 radical (unpaired) electrons. The standard InChI is InChI=1S/C32H35ClN2O2S/c1-4-22-11-15-26(16-12-22)35(32(36)31-30(33)27-8-6-7-9-29(27)38-31)20-25-18-23(14-17-28(25)37-5-2)24-13-10-21(3)34-19-24/h6-10,13-14,17-19,22,26H,4-5,11-12,15-16,20H2,1-3H3. The summed E-state index contributed by atoms with van der Waals surface area (Å²) in [5, 5.41) is 1.51. The highest BCUT2D eigenvalue weighted by Crippen LogP contribution is 2.39. The Kier molecular flexibility index (Phi) is 8.35. The van der Waals surface area contributed by atoms with E-state index in [0.29, 0.717) is 23.1 Å². The zero-order chi connectivity index (χ0) is 26.6. The largest absolute Gasteiger partial charge is 0.494 e. The summed E-state index contributed by atoms with van der Waals surface area (Å²) in [5.41, 5.74) is 4.11. The Labute approximate surface area is 234 Å². The number of hydrogen-bond acceptors (Lipinski definition) is 4. The predicted octanol–water partition coefficient (Wildman–Crippen LogP) is 8.94. The Balaban J connectivity index is 1.53. The lowest BCUT2D eigenvalue weighted by Crippen LogP contribution is -2.41. The highest BCUT2D eigenvalue weighted by Gasteiger charge is 2.32. The highest BCUT2D eigenvalue weighted by molar-refractivity contribution is 7.21. The van der Waals surface area contributed by atoms with Crippen molar-refractivity contribution in [2.24, 2.45) is 5.92 Å². The maximum absolute atomic E-state index is 14.3. The van der Waals surface area contributed by atoms with Crippen LogP contribution in [0.5, 0.6) is 5.75 Å². The summed E-state index contributed by atoms with van der Waals surface area (Å²) < 4.78 is 7.09. The molecule has 1 aliphatic carbocycles. The molecule has 1 aliphatic rings. The van der Waals surface area contributed by atoms with Gasteiger partial charge in [-0.05, 0) is 75.3 Å². The average molecular weight is 547 g/mol. The smallest absolute Gasteiger partial charge is 0.266 e. The molecule has 0 bridgehead atoms. The second-order valence-corrected chi connectivity index (χ2v) is 11.6. The number of pyridine rings is 1. The minimum atomic E-state index is 0.0148. The van der Waals surface area contributed by atoms with E-state index in [1.54, 1.807) is 0 Å². The zero-order valence-electron chi connectivity index (χ0n) is 22.4. The Morgan fingerprint density at radius 1 is 1.05 bits per heavy atom. The summed E-state index contributed by atoms with van der Waals surface area (Å²) in [7, 11) is 0. The van der Waals surface area contributed by atoms with Gasteiger partial charge in [-0.15, -0.1) is 11.3 Å². The first-order valence-corrected chi connectivity index (χ1v) is 14.8. The number of hydrogen-bond donors (Lipinski definition) is 0. The molecule has 0 aliphatic heterocycles. The van der Waals surface area contributed by atoms with Crippen LogP contribution < -0.4 is 4.74 Å². The number of aryl methyl sites for hydroxylation is 1. The number of fused-ring (bicyclic) bond motifs is 1. The maximum atomic E-state index is 14.3. The number of carbonyl (C=O) groups is 1. The van der Waals surface area contributed by atoms with Crippen LogP contribution in [0, 0.1) is 12.8 Å². The third-order valence-electron chi connectivity index (χ3n) is 7.77. The van der Waals surface area contributed by atoms with Crippen molar-refractivity contribution in [3.05, 3.63) is 82.0 Å². The van der Waals surface area contributed by atoms with Crippen LogP contribution in [0.3, 0.4) is 0 Å². The number of rotatable bonds is 8. The number of thiophene rings is 1. The molecule has 4 nitrogen and oxygen atoms in total. The van der Waals surface area contributed by atoms with Crippen LogP contribution in [0.2, 0.25) is 5.02 Å². The van der Waals surface area contributed by atoms with Gasteiger partial charge in [-0.25, -0.2) is 0 Å². The third-order valence-corrected chi connectivity index (χ3v) is 9.43. The molecule has 0 N–H and O–H groups in total. The molecule has 1 fully saturated rings. The monoisotopic (exact) mass is 546 g/mol. The summed E-state index contributed by atoms with van der Waals surface area (Å²) in [4.78, 5) is 21.4. The zero-order valence-corrected chi connectivity index (χ0v) is 23.9. The molecule has 1 saturated carbocycles. The van der Waals surface area contributed by atoms with E-state index < -0.39 is 0 Å². The predicted molar refractivity (Wildman–Crippen MR) is 158 cm³/mol. The molecule has 0 saturated heterocycles. The Hall–Kier alpha value is -2.89. The quantitative estimate of drug-likeness (QED) is 0.221. The van der Waals surface area contributed by atoms with Crippen molar-refractivity contribution in [3.8, 4) is 16.9 Å². The average Bonchev–Trinajstić information content (AvgIpc) is 3.29. The van der Waals surface area contributed by atoms with E-state index in [1.165, 1.54) is 17.8 Å². The summed E-state index contributed by atoms with van der Waals surface area (Å²) >= 11 is 8.31. The van der Waals surface area contributed by atoms with Gasteiger partial charge >= 0.3 is 0 Å². The lowest BCUT2D eigenvalue weighted by molar-refractivity contribution is 0.0590. The van der Waals surface area contributed by atoms with Crippen molar-refractivity contribution < 1.29 is 9.53 Å². The fourth-order valence-electron chi connectivity index (χ4n) is 5.51. The first-order chi connectivity index (χ1) is 18.5. The minimum absolute atomic E-state index is 0.0148. The number of benzene rings is 2. The number of amides is 1. The molecule has 1 amide bonds. The van der Waals surface area contributed by atoms with Gasteiger partial charge in [-0.1, -0.05) is 55.3 Å². The van der Waals surface area contributed by atoms with Crippen LogP contribution in [-0.2, 0) is 6.54 Å². The van der Waals surface area contributed by atoms with E-state index in [4.69, 9.17) is 16.3 Å². The van der Waals surface area contributed by atoms with Crippen molar-refractivity contribution >= 4 is 38.9 Å². The van der Waals surface area contributed by atoms with Crippen molar-refractivity contribution in [1.82, 2.24) is 9.88 Å². The van der Waals surface area contributed by atoms with Crippen molar-refractivity contribution in [2.45, 2.75) is 65.5 Å². The first-order valence-electron chi connectivity index (χ1n) is 13.6. The number of nitrogens with zero attached hydrogens (tertiary/aromatic N) is 2. The molecule has 6 heteroatoms. The summed E-state index contributed by atoms with van der Waals surface area (Å²) in [5.74, 6) is 1.58. The van der Waals surface area contributed by atoms with E-state index in [2.05, 4.69) is 35.0 Å². The fourth-order valence-corrected chi connectivity index (χ4v) is 6.98. The summed E-state index contributed by atoms with van der Waals surface area (Å²) in [6.07, 6.45) is 7.43. The molecule has 4 aromatic rings. The van der Waals surface area contributed by atoms with Gasteiger partial charge in [0.2, 0.25) is 0 Å². The van der Waals surface area contributed by atoms with Gasteiger partial charge in [-0.2, -0.15) is 0 Å². The van der Waals surface area contributed by atoms with E-state index in [-0.39, 0.29) is 11.9 Å². The van der Waals surface area contributed by atoms with E-state index >= 15 is 0 Å². The molecule has 0 spiro atoms. The molecule has 0 unspecified atom stereocenters. The third kappa shape index (κ3) is 5.60. The molecular formula is C32H35ClN2O2S. The van der Waals surface area contributed by atoms with Gasteiger partial charge in [0.05, 0.1) is 11.6 Å². The molecule has 5 rings (SSSR count). The second-order valence-electron chi connectivity index (χ2n) is 10.2. The SMILES string of the molecule is CCOc1ccc(-c2ccc(C)nc2)cc1CN(C(=O)c1sc2ccccc2c1Cl)C1CCC(CC)CC1. The van der Waals surface area contributed by atoms with Crippen molar-refractivity contribution in [3.63, 3.8) is 0 Å². The normalized spacial score (nSPS) is 17.5. The number of aromatic nitrogens is 1. The van der Waals surface area contributed by atoms with Gasteiger partial charge in [0, 0.05) is 45.7 Å². The van der Waals surface area contributed by atoms with Gasteiger partial charge in [0.25, 0.3) is 5.91 Å². The lowest BCUT2D eigenvalue weighted by atomic mass is 9.83.